The van der Waals surface area contributed by atoms with Crippen molar-refractivity contribution in [2.45, 2.75) is 23.9 Å². The summed E-state index contributed by atoms with van der Waals surface area (Å²) in [7, 11) is -3.70. The van der Waals surface area contributed by atoms with E-state index in [1.807, 2.05) is 0 Å². The molecule has 0 atom stereocenters. The quantitative estimate of drug-likeness (QED) is 0.830. The number of hydrogen-bond donors (Lipinski definition) is 1. The van der Waals surface area contributed by atoms with Gasteiger partial charge in [-0.2, -0.15) is 17.5 Å². The van der Waals surface area contributed by atoms with Gasteiger partial charge in [0.25, 0.3) is 0 Å². The Kier molecular flexibility index (Phi) is 7.26. The molecule has 1 saturated heterocycles. The molecular weight excluding hydrogens is 371 g/mol. The van der Waals surface area contributed by atoms with E-state index in [1.165, 1.54) is 10.4 Å². The third-order valence-corrected chi connectivity index (χ3v) is 5.52. The first-order valence-electron chi connectivity index (χ1n) is 7.08. The highest BCUT2D eigenvalue weighted by atomic mass is 35.5. The monoisotopic (exact) mass is 389 g/mol. The Morgan fingerprint density at radius 3 is 2.38 bits per heavy atom. The lowest BCUT2D eigenvalue weighted by Crippen LogP contribution is -2.40. The third kappa shape index (κ3) is 5.47. The summed E-state index contributed by atoms with van der Waals surface area (Å²) in [6.07, 6.45) is -2.08. The number of sulfonamides is 1. The SMILES string of the molecule is Cl.NCC1CCN(S(=O)(=O)c2ccc(OCC(F)(F)F)nc2)CC1. The van der Waals surface area contributed by atoms with Crippen LogP contribution >= 0.6 is 12.4 Å². The van der Waals surface area contributed by atoms with Crippen LogP contribution in [-0.2, 0) is 10.0 Å². The van der Waals surface area contributed by atoms with Crippen molar-refractivity contribution in [1.82, 2.24) is 9.29 Å². The van der Waals surface area contributed by atoms with Gasteiger partial charge in [0.15, 0.2) is 6.61 Å². The summed E-state index contributed by atoms with van der Waals surface area (Å²) >= 11 is 0. The molecule has 0 saturated carbocycles. The summed E-state index contributed by atoms with van der Waals surface area (Å²) < 4.78 is 66.8. The van der Waals surface area contributed by atoms with Crippen LogP contribution in [0.2, 0.25) is 0 Å². The van der Waals surface area contributed by atoms with Crippen LogP contribution in [0.4, 0.5) is 13.2 Å². The minimum absolute atomic E-state index is 0. The molecule has 1 aliphatic rings. The van der Waals surface area contributed by atoms with E-state index in [4.69, 9.17) is 5.73 Å². The Morgan fingerprint density at radius 1 is 1.29 bits per heavy atom. The van der Waals surface area contributed by atoms with Gasteiger partial charge in [0.1, 0.15) is 4.90 Å². The molecule has 0 aromatic carbocycles. The lowest BCUT2D eigenvalue weighted by atomic mass is 9.99. The Hall–Kier alpha value is -1.10. The van der Waals surface area contributed by atoms with Crippen LogP contribution in [0.5, 0.6) is 5.88 Å². The number of nitrogens with two attached hydrogens (primary N) is 1. The molecule has 1 aliphatic heterocycles. The summed E-state index contributed by atoms with van der Waals surface area (Å²) in [5.41, 5.74) is 5.57. The summed E-state index contributed by atoms with van der Waals surface area (Å²) in [6.45, 7) is -0.202. The van der Waals surface area contributed by atoms with Crippen molar-refractivity contribution in [1.29, 1.82) is 0 Å². The van der Waals surface area contributed by atoms with Gasteiger partial charge in [-0.1, -0.05) is 0 Å². The number of rotatable bonds is 5. The minimum Gasteiger partial charge on any atom is -0.468 e. The Labute approximate surface area is 144 Å². The average molecular weight is 390 g/mol. The lowest BCUT2D eigenvalue weighted by Gasteiger charge is -2.30. The van der Waals surface area contributed by atoms with Gasteiger partial charge in [-0.3, -0.25) is 0 Å². The van der Waals surface area contributed by atoms with Crippen molar-refractivity contribution in [2.75, 3.05) is 26.2 Å². The van der Waals surface area contributed by atoms with Gasteiger partial charge >= 0.3 is 6.18 Å². The molecule has 1 aromatic rings. The van der Waals surface area contributed by atoms with Gasteiger partial charge in [0.2, 0.25) is 15.9 Å². The molecular formula is C13H19ClF3N3O3S. The molecule has 6 nitrogen and oxygen atoms in total. The first-order chi connectivity index (χ1) is 10.7. The number of piperidine rings is 1. The second kappa shape index (κ2) is 8.32. The van der Waals surface area contributed by atoms with E-state index >= 15 is 0 Å². The van der Waals surface area contributed by atoms with Crippen molar-refractivity contribution in [3.05, 3.63) is 18.3 Å². The van der Waals surface area contributed by atoms with Gasteiger partial charge in [-0.05, 0) is 31.4 Å². The molecule has 11 heteroatoms. The fourth-order valence-electron chi connectivity index (χ4n) is 2.29. The molecule has 0 bridgehead atoms. The summed E-state index contributed by atoms with van der Waals surface area (Å²) in [5.74, 6) is 0.0424. The van der Waals surface area contributed by atoms with E-state index in [-0.39, 0.29) is 23.2 Å². The molecule has 2 rings (SSSR count). The van der Waals surface area contributed by atoms with Crippen LogP contribution in [0, 0.1) is 5.92 Å². The first kappa shape index (κ1) is 20.9. The summed E-state index contributed by atoms with van der Waals surface area (Å²) in [6, 6.07) is 2.31. The maximum absolute atomic E-state index is 12.4. The zero-order valence-corrected chi connectivity index (χ0v) is 14.3. The molecule has 0 amide bonds. The van der Waals surface area contributed by atoms with Crippen LogP contribution in [0.25, 0.3) is 0 Å². The molecule has 24 heavy (non-hydrogen) atoms. The van der Waals surface area contributed by atoms with Crippen LogP contribution in [0.3, 0.4) is 0 Å². The normalized spacial score (nSPS) is 17.3. The first-order valence-corrected chi connectivity index (χ1v) is 8.52. The Bertz CT molecular complexity index is 618. The average Bonchev–Trinajstić information content (AvgIpc) is 2.53. The van der Waals surface area contributed by atoms with E-state index in [0.717, 1.165) is 12.3 Å². The molecule has 2 heterocycles. The molecule has 0 unspecified atom stereocenters. The van der Waals surface area contributed by atoms with Crippen molar-refractivity contribution < 1.29 is 26.3 Å². The van der Waals surface area contributed by atoms with E-state index < -0.39 is 22.8 Å². The number of ether oxygens (including phenoxy) is 1. The zero-order valence-electron chi connectivity index (χ0n) is 12.7. The van der Waals surface area contributed by atoms with Crippen LogP contribution in [0.1, 0.15) is 12.8 Å². The number of pyridine rings is 1. The van der Waals surface area contributed by atoms with Crippen LogP contribution in [-0.4, -0.2) is 50.1 Å². The minimum atomic E-state index is -4.47. The van der Waals surface area contributed by atoms with Gasteiger partial charge in [0.05, 0.1) is 6.20 Å². The van der Waals surface area contributed by atoms with Gasteiger partial charge < -0.3 is 10.5 Å². The highest BCUT2D eigenvalue weighted by Crippen LogP contribution is 2.24. The predicted molar refractivity (Wildman–Crippen MR) is 83.6 cm³/mol. The Morgan fingerprint density at radius 2 is 1.92 bits per heavy atom. The zero-order chi connectivity index (χ0) is 17.1. The van der Waals surface area contributed by atoms with Crippen molar-refractivity contribution in [3.8, 4) is 5.88 Å². The molecule has 1 fully saturated rings. The van der Waals surface area contributed by atoms with E-state index in [0.29, 0.717) is 38.4 Å². The number of alkyl halides is 3. The second-order valence-corrected chi connectivity index (χ2v) is 7.26. The standard InChI is InChI=1S/C13H18F3N3O3S.ClH/c14-13(15,16)9-22-12-2-1-11(8-18-12)23(20,21)19-5-3-10(7-17)4-6-19;/h1-2,8,10H,3-7,9,17H2;1H. The molecule has 138 valence electrons. The molecule has 0 radical (unpaired) electrons. The predicted octanol–water partition coefficient (Wildman–Crippen LogP) is 1.80. The van der Waals surface area contributed by atoms with Crippen molar-refractivity contribution >= 4 is 22.4 Å². The summed E-state index contributed by atoms with van der Waals surface area (Å²) in [4.78, 5) is 3.56. The summed E-state index contributed by atoms with van der Waals surface area (Å²) in [5, 5.41) is 0. The van der Waals surface area contributed by atoms with Crippen LogP contribution < -0.4 is 10.5 Å². The number of aromatic nitrogens is 1. The largest absolute Gasteiger partial charge is 0.468 e. The van der Waals surface area contributed by atoms with E-state index in [2.05, 4.69) is 9.72 Å². The third-order valence-electron chi connectivity index (χ3n) is 3.64. The van der Waals surface area contributed by atoms with E-state index in [1.54, 1.807) is 0 Å². The Balaban J connectivity index is 0.00000288. The topological polar surface area (TPSA) is 85.5 Å². The fraction of sp³-hybridized carbons (Fsp3) is 0.615. The van der Waals surface area contributed by atoms with Gasteiger partial charge in [-0.25, -0.2) is 13.4 Å². The molecule has 0 spiro atoms. The second-order valence-electron chi connectivity index (χ2n) is 5.32. The van der Waals surface area contributed by atoms with Crippen molar-refractivity contribution in [2.24, 2.45) is 11.7 Å². The van der Waals surface area contributed by atoms with Gasteiger partial charge in [0, 0.05) is 19.2 Å². The number of hydrogen-bond acceptors (Lipinski definition) is 5. The number of halogens is 4. The smallest absolute Gasteiger partial charge is 0.422 e. The maximum atomic E-state index is 12.4. The van der Waals surface area contributed by atoms with Crippen LogP contribution in [0.15, 0.2) is 23.2 Å². The highest BCUT2D eigenvalue weighted by molar-refractivity contribution is 7.89. The van der Waals surface area contributed by atoms with Gasteiger partial charge in [-0.15, -0.1) is 12.4 Å². The number of nitrogens with zero attached hydrogens (tertiary/aromatic N) is 2. The lowest BCUT2D eigenvalue weighted by molar-refractivity contribution is -0.154. The van der Waals surface area contributed by atoms with Crippen molar-refractivity contribution in [3.63, 3.8) is 0 Å². The molecule has 1 aromatic heterocycles. The molecule has 0 aliphatic carbocycles. The fourth-order valence-corrected chi connectivity index (χ4v) is 3.71. The highest BCUT2D eigenvalue weighted by Gasteiger charge is 2.30. The maximum Gasteiger partial charge on any atom is 0.422 e. The van der Waals surface area contributed by atoms with E-state index in [9.17, 15) is 21.6 Å². The molecule has 2 N–H and O–H groups in total.